The maximum atomic E-state index is 11.2. The standard InChI is InChI=1S/C19H28O6/c1-4-17(20)23-13-10-8-7-9-11-16(15-25-19(22)6-3)12-14-24-18(21)5-2/h4-6,16H,1-3,7-15H2. The fourth-order valence-corrected chi connectivity index (χ4v) is 2.08. The van der Waals surface area contributed by atoms with E-state index in [1.165, 1.54) is 0 Å². The van der Waals surface area contributed by atoms with Gasteiger partial charge in [-0.2, -0.15) is 0 Å². The summed E-state index contributed by atoms with van der Waals surface area (Å²) in [6.07, 6.45) is 8.51. The van der Waals surface area contributed by atoms with Crippen molar-refractivity contribution in [3.05, 3.63) is 38.0 Å². The lowest BCUT2D eigenvalue weighted by atomic mass is 9.98. The zero-order valence-corrected chi connectivity index (χ0v) is 14.7. The molecule has 0 spiro atoms. The number of esters is 3. The van der Waals surface area contributed by atoms with E-state index in [9.17, 15) is 14.4 Å². The monoisotopic (exact) mass is 352 g/mol. The molecule has 0 aliphatic heterocycles. The summed E-state index contributed by atoms with van der Waals surface area (Å²) in [6, 6.07) is 0. The normalized spacial score (nSPS) is 11.0. The van der Waals surface area contributed by atoms with Gasteiger partial charge in [-0.3, -0.25) is 0 Å². The third-order valence-electron chi connectivity index (χ3n) is 3.48. The summed E-state index contributed by atoms with van der Waals surface area (Å²) in [5, 5.41) is 0. The van der Waals surface area contributed by atoms with Gasteiger partial charge >= 0.3 is 17.9 Å². The van der Waals surface area contributed by atoms with Crippen LogP contribution >= 0.6 is 0 Å². The van der Waals surface area contributed by atoms with E-state index in [4.69, 9.17) is 14.2 Å². The lowest BCUT2D eigenvalue weighted by Crippen LogP contribution is -2.16. The van der Waals surface area contributed by atoms with Crippen LogP contribution in [0.1, 0.15) is 38.5 Å². The van der Waals surface area contributed by atoms with Gasteiger partial charge in [-0.05, 0) is 25.2 Å². The quantitative estimate of drug-likeness (QED) is 0.195. The maximum Gasteiger partial charge on any atom is 0.330 e. The van der Waals surface area contributed by atoms with Crippen molar-refractivity contribution in [2.24, 2.45) is 5.92 Å². The topological polar surface area (TPSA) is 78.9 Å². The molecule has 1 unspecified atom stereocenters. The molecule has 1 atom stereocenters. The number of rotatable bonds is 15. The van der Waals surface area contributed by atoms with Gasteiger partial charge in [0.2, 0.25) is 0 Å². The average molecular weight is 352 g/mol. The Kier molecular flexibility index (Phi) is 13.7. The largest absolute Gasteiger partial charge is 0.463 e. The minimum Gasteiger partial charge on any atom is -0.463 e. The number of carbonyl (C=O) groups excluding carboxylic acids is 3. The summed E-state index contributed by atoms with van der Waals surface area (Å²) in [4.78, 5) is 33.1. The molecule has 0 N–H and O–H groups in total. The second-order valence-electron chi connectivity index (χ2n) is 5.43. The van der Waals surface area contributed by atoms with Crippen molar-refractivity contribution >= 4 is 17.9 Å². The SMILES string of the molecule is C=CC(=O)OCCCCCCC(CCOC(=O)C=C)COC(=O)C=C. The van der Waals surface area contributed by atoms with Crippen LogP contribution in [0.25, 0.3) is 0 Å². The van der Waals surface area contributed by atoms with Crippen LogP contribution < -0.4 is 0 Å². The number of hydrogen-bond acceptors (Lipinski definition) is 6. The molecule has 0 aromatic rings. The molecule has 0 fully saturated rings. The van der Waals surface area contributed by atoms with E-state index < -0.39 is 17.9 Å². The lowest BCUT2D eigenvalue weighted by Gasteiger charge is -2.16. The van der Waals surface area contributed by atoms with Gasteiger partial charge in [-0.1, -0.05) is 39.0 Å². The average Bonchev–Trinajstić information content (AvgIpc) is 2.63. The molecule has 0 aromatic heterocycles. The predicted octanol–water partition coefficient (Wildman–Crippen LogP) is 3.13. The lowest BCUT2D eigenvalue weighted by molar-refractivity contribution is -0.141. The highest BCUT2D eigenvalue weighted by molar-refractivity contribution is 5.81. The van der Waals surface area contributed by atoms with Crippen molar-refractivity contribution < 1.29 is 28.6 Å². The Balaban J connectivity index is 3.98. The molecule has 0 amide bonds. The molecule has 0 aliphatic rings. The molecule has 6 heteroatoms. The predicted molar refractivity (Wildman–Crippen MR) is 94.7 cm³/mol. The minimum atomic E-state index is -0.462. The summed E-state index contributed by atoms with van der Waals surface area (Å²) in [7, 11) is 0. The molecule has 140 valence electrons. The molecule has 0 saturated carbocycles. The van der Waals surface area contributed by atoms with Crippen molar-refractivity contribution in [2.45, 2.75) is 38.5 Å². The highest BCUT2D eigenvalue weighted by Gasteiger charge is 2.12. The molecule has 0 saturated heterocycles. The van der Waals surface area contributed by atoms with E-state index in [0.717, 1.165) is 50.3 Å². The van der Waals surface area contributed by atoms with Gasteiger partial charge in [0.05, 0.1) is 19.8 Å². The molecule has 0 aliphatic carbocycles. The van der Waals surface area contributed by atoms with Crippen LogP contribution in [0.15, 0.2) is 38.0 Å². The summed E-state index contributed by atoms with van der Waals surface area (Å²) in [6.45, 7) is 11.0. The van der Waals surface area contributed by atoms with E-state index in [0.29, 0.717) is 13.0 Å². The van der Waals surface area contributed by atoms with Crippen LogP contribution in [-0.2, 0) is 28.6 Å². The Hall–Kier alpha value is -2.37. The van der Waals surface area contributed by atoms with Gasteiger partial charge in [-0.15, -0.1) is 0 Å². The first-order valence-electron chi connectivity index (χ1n) is 8.41. The van der Waals surface area contributed by atoms with E-state index in [2.05, 4.69) is 19.7 Å². The van der Waals surface area contributed by atoms with Crippen molar-refractivity contribution in [3.8, 4) is 0 Å². The van der Waals surface area contributed by atoms with Crippen LogP contribution in [0.3, 0.4) is 0 Å². The van der Waals surface area contributed by atoms with Gasteiger partial charge in [0.25, 0.3) is 0 Å². The smallest absolute Gasteiger partial charge is 0.330 e. The Morgan fingerprint density at radius 1 is 0.680 bits per heavy atom. The first-order valence-corrected chi connectivity index (χ1v) is 8.41. The summed E-state index contributed by atoms with van der Waals surface area (Å²) >= 11 is 0. The fourth-order valence-electron chi connectivity index (χ4n) is 2.08. The minimum absolute atomic E-state index is 0.111. The fraction of sp³-hybridized carbons (Fsp3) is 0.526. The van der Waals surface area contributed by atoms with Gasteiger partial charge in [-0.25, -0.2) is 14.4 Å². The second-order valence-corrected chi connectivity index (χ2v) is 5.43. The molecule has 0 heterocycles. The molecule has 6 nitrogen and oxygen atoms in total. The molecule has 0 rings (SSSR count). The molecular formula is C19H28O6. The van der Waals surface area contributed by atoms with Crippen LogP contribution in [0, 0.1) is 5.92 Å². The first kappa shape index (κ1) is 22.6. The Bertz CT molecular complexity index is 455. The third kappa shape index (κ3) is 13.7. The molecule has 0 bridgehead atoms. The number of carbonyl (C=O) groups is 3. The van der Waals surface area contributed by atoms with Crippen molar-refractivity contribution in [2.75, 3.05) is 19.8 Å². The molecular weight excluding hydrogens is 324 g/mol. The van der Waals surface area contributed by atoms with E-state index in [1.54, 1.807) is 0 Å². The molecule has 0 radical (unpaired) electrons. The molecule has 25 heavy (non-hydrogen) atoms. The zero-order chi connectivity index (χ0) is 18.9. The van der Waals surface area contributed by atoms with Crippen LogP contribution in [0.2, 0.25) is 0 Å². The Morgan fingerprint density at radius 2 is 1.20 bits per heavy atom. The van der Waals surface area contributed by atoms with E-state index in [-0.39, 0.29) is 19.1 Å². The summed E-state index contributed by atoms with van der Waals surface area (Å²) < 4.78 is 15.0. The summed E-state index contributed by atoms with van der Waals surface area (Å²) in [5.74, 6) is -1.22. The van der Waals surface area contributed by atoms with Crippen LogP contribution in [0.4, 0.5) is 0 Å². The van der Waals surface area contributed by atoms with Gasteiger partial charge in [0.1, 0.15) is 0 Å². The molecule has 0 aromatic carbocycles. The van der Waals surface area contributed by atoms with Crippen molar-refractivity contribution in [1.29, 1.82) is 0 Å². The second kappa shape index (κ2) is 15.2. The van der Waals surface area contributed by atoms with Crippen molar-refractivity contribution in [3.63, 3.8) is 0 Å². The van der Waals surface area contributed by atoms with E-state index in [1.807, 2.05) is 0 Å². The van der Waals surface area contributed by atoms with Crippen LogP contribution in [0.5, 0.6) is 0 Å². The van der Waals surface area contributed by atoms with Crippen LogP contribution in [-0.4, -0.2) is 37.7 Å². The number of hydrogen-bond donors (Lipinski definition) is 0. The van der Waals surface area contributed by atoms with Gasteiger partial charge in [0, 0.05) is 18.2 Å². The van der Waals surface area contributed by atoms with Crippen molar-refractivity contribution in [1.82, 2.24) is 0 Å². The van der Waals surface area contributed by atoms with Gasteiger partial charge in [0.15, 0.2) is 0 Å². The third-order valence-corrected chi connectivity index (χ3v) is 3.48. The maximum absolute atomic E-state index is 11.2. The Labute approximate surface area is 149 Å². The Morgan fingerprint density at radius 3 is 1.80 bits per heavy atom. The first-order chi connectivity index (χ1) is 12.0. The van der Waals surface area contributed by atoms with E-state index >= 15 is 0 Å². The van der Waals surface area contributed by atoms with Gasteiger partial charge < -0.3 is 14.2 Å². The number of ether oxygens (including phenoxy) is 3. The number of unbranched alkanes of at least 4 members (excludes halogenated alkanes) is 3. The summed E-state index contributed by atoms with van der Waals surface area (Å²) in [5.41, 5.74) is 0. The zero-order valence-electron chi connectivity index (χ0n) is 14.7. The highest BCUT2D eigenvalue weighted by Crippen LogP contribution is 2.16. The highest BCUT2D eigenvalue weighted by atomic mass is 16.5.